The van der Waals surface area contributed by atoms with Gasteiger partial charge in [-0.1, -0.05) is 30.3 Å². The summed E-state index contributed by atoms with van der Waals surface area (Å²) >= 11 is 0. The summed E-state index contributed by atoms with van der Waals surface area (Å²) in [6.07, 6.45) is 0.993. The molecule has 0 saturated carbocycles. The zero-order valence-electron chi connectivity index (χ0n) is 9.95. The number of hydrogen-bond acceptors (Lipinski definition) is 3. The second-order valence-corrected chi connectivity index (χ2v) is 7.38. The van der Waals surface area contributed by atoms with Crippen LogP contribution in [0.4, 0.5) is 0 Å². The van der Waals surface area contributed by atoms with Crippen molar-refractivity contribution < 1.29 is 13.2 Å². The van der Waals surface area contributed by atoms with E-state index >= 15 is 0 Å². The van der Waals surface area contributed by atoms with E-state index in [2.05, 4.69) is 0 Å². The predicted molar refractivity (Wildman–Crippen MR) is 67.8 cm³/mol. The van der Waals surface area contributed by atoms with E-state index in [1.807, 2.05) is 30.3 Å². The molecule has 2 heterocycles. The third kappa shape index (κ3) is 1.92. The number of benzene rings is 1. The Labute approximate surface area is 107 Å². The van der Waals surface area contributed by atoms with Gasteiger partial charge in [0.2, 0.25) is 5.91 Å². The molecule has 0 aliphatic carbocycles. The van der Waals surface area contributed by atoms with Gasteiger partial charge in [0, 0.05) is 12.6 Å². The van der Waals surface area contributed by atoms with Crippen LogP contribution in [-0.2, 0) is 21.1 Å². The maximum absolute atomic E-state index is 12.1. The largest absolute Gasteiger partial charge is 0.337 e. The van der Waals surface area contributed by atoms with Crippen LogP contribution >= 0.6 is 0 Å². The molecule has 2 aliphatic heterocycles. The molecule has 0 radical (unpaired) electrons. The minimum absolute atomic E-state index is 0.0450. The first-order valence-electron chi connectivity index (χ1n) is 6.11. The Hall–Kier alpha value is -1.36. The van der Waals surface area contributed by atoms with E-state index in [4.69, 9.17) is 0 Å². The van der Waals surface area contributed by atoms with Crippen molar-refractivity contribution in [1.82, 2.24) is 4.90 Å². The highest BCUT2D eigenvalue weighted by atomic mass is 32.2. The molecule has 3 rings (SSSR count). The Kier molecular flexibility index (Phi) is 2.66. The van der Waals surface area contributed by atoms with Crippen LogP contribution in [0, 0.1) is 0 Å². The summed E-state index contributed by atoms with van der Waals surface area (Å²) in [5.74, 6) is 0.196. The van der Waals surface area contributed by atoms with Crippen molar-refractivity contribution in [2.75, 3.05) is 12.3 Å². The molecular formula is C13H15NO3S. The number of likely N-dealkylation sites (tertiary alicyclic amines) is 1. The first kappa shape index (κ1) is 11.7. The summed E-state index contributed by atoms with van der Waals surface area (Å²) in [6.45, 7) is 0.388. The summed E-state index contributed by atoms with van der Waals surface area (Å²) in [4.78, 5) is 13.9. The van der Waals surface area contributed by atoms with Gasteiger partial charge >= 0.3 is 0 Å². The molecule has 0 N–H and O–H groups in total. The molecule has 5 heteroatoms. The number of carbonyl (C=O) groups is 1. The topological polar surface area (TPSA) is 54.5 Å². The molecule has 18 heavy (non-hydrogen) atoms. The highest BCUT2D eigenvalue weighted by Crippen LogP contribution is 2.33. The minimum Gasteiger partial charge on any atom is -0.337 e. The molecule has 96 valence electrons. The van der Waals surface area contributed by atoms with E-state index in [0.29, 0.717) is 19.4 Å². The minimum atomic E-state index is -2.92. The summed E-state index contributed by atoms with van der Waals surface area (Å²) in [5.41, 5.74) is 0.980. The van der Waals surface area contributed by atoms with Gasteiger partial charge in [-0.2, -0.15) is 0 Å². The van der Waals surface area contributed by atoms with Gasteiger partial charge in [-0.3, -0.25) is 4.79 Å². The highest BCUT2D eigenvalue weighted by molar-refractivity contribution is 7.92. The number of sulfone groups is 1. The van der Waals surface area contributed by atoms with E-state index in [-0.39, 0.29) is 23.0 Å². The number of rotatable bonds is 2. The van der Waals surface area contributed by atoms with Crippen LogP contribution in [0.3, 0.4) is 0 Å². The fraction of sp³-hybridized carbons (Fsp3) is 0.462. The lowest BCUT2D eigenvalue weighted by Crippen LogP contribution is -2.44. The molecule has 1 aromatic carbocycles. The number of hydrogen-bond donors (Lipinski definition) is 0. The van der Waals surface area contributed by atoms with Gasteiger partial charge < -0.3 is 4.90 Å². The van der Waals surface area contributed by atoms with E-state index in [1.54, 1.807) is 4.90 Å². The number of carbonyl (C=O) groups excluding carboxylic acids is 1. The van der Waals surface area contributed by atoms with Gasteiger partial charge in [-0.05, 0) is 12.0 Å². The monoisotopic (exact) mass is 265 g/mol. The third-order valence-electron chi connectivity index (χ3n) is 3.83. The molecular weight excluding hydrogens is 250 g/mol. The van der Waals surface area contributed by atoms with E-state index in [1.165, 1.54) is 0 Å². The first-order chi connectivity index (χ1) is 8.56. The lowest BCUT2D eigenvalue weighted by Gasteiger charge is -2.26. The Morgan fingerprint density at radius 2 is 2.00 bits per heavy atom. The van der Waals surface area contributed by atoms with E-state index in [0.717, 1.165) is 5.56 Å². The maximum Gasteiger partial charge on any atom is 0.227 e. The second-order valence-electron chi connectivity index (χ2n) is 5.05. The van der Waals surface area contributed by atoms with Crippen molar-refractivity contribution in [3.8, 4) is 0 Å². The van der Waals surface area contributed by atoms with E-state index in [9.17, 15) is 13.2 Å². The molecule has 2 saturated heterocycles. The van der Waals surface area contributed by atoms with Gasteiger partial charge in [-0.15, -0.1) is 0 Å². The molecule has 2 aliphatic rings. The molecule has 2 fully saturated rings. The normalized spacial score (nSPS) is 28.6. The summed E-state index contributed by atoms with van der Waals surface area (Å²) in [7, 11) is -2.92. The fourth-order valence-corrected chi connectivity index (χ4v) is 4.90. The number of nitrogens with zero attached hydrogens (tertiary/aromatic N) is 1. The molecule has 2 bridgehead atoms. The van der Waals surface area contributed by atoms with Crippen LogP contribution < -0.4 is 0 Å². The quantitative estimate of drug-likeness (QED) is 0.788. The van der Waals surface area contributed by atoms with Gasteiger partial charge in [0.1, 0.15) is 0 Å². The average molecular weight is 265 g/mol. The highest BCUT2D eigenvalue weighted by Gasteiger charge is 2.49. The zero-order valence-corrected chi connectivity index (χ0v) is 10.8. The van der Waals surface area contributed by atoms with Gasteiger partial charge in [-0.25, -0.2) is 8.42 Å². The third-order valence-corrected chi connectivity index (χ3v) is 6.03. The van der Waals surface area contributed by atoms with E-state index < -0.39 is 9.84 Å². The van der Waals surface area contributed by atoms with Crippen molar-refractivity contribution in [3.63, 3.8) is 0 Å². The van der Waals surface area contributed by atoms with Crippen molar-refractivity contribution >= 4 is 15.7 Å². The SMILES string of the molecule is O=C(Cc1ccccc1)N1CC2CC1CS2(=O)=O. The van der Waals surface area contributed by atoms with Crippen LogP contribution in [0.15, 0.2) is 30.3 Å². The zero-order chi connectivity index (χ0) is 12.8. The lowest BCUT2D eigenvalue weighted by atomic mass is 10.1. The van der Waals surface area contributed by atoms with Crippen LogP contribution in [0.25, 0.3) is 0 Å². The van der Waals surface area contributed by atoms with Gasteiger partial charge in [0.15, 0.2) is 9.84 Å². The molecule has 2 unspecified atom stereocenters. The fourth-order valence-electron chi connectivity index (χ4n) is 2.87. The second kappa shape index (κ2) is 4.09. The molecule has 0 aromatic heterocycles. The Morgan fingerprint density at radius 3 is 2.56 bits per heavy atom. The summed E-state index contributed by atoms with van der Waals surface area (Å²) in [5, 5.41) is -0.317. The van der Waals surface area contributed by atoms with Crippen LogP contribution in [-0.4, -0.2) is 42.8 Å². The van der Waals surface area contributed by atoms with Crippen LogP contribution in [0.2, 0.25) is 0 Å². The molecule has 0 spiro atoms. The number of fused-ring (bicyclic) bond motifs is 2. The van der Waals surface area contributed by atoms with Crippen LogP contribution in [0.1, 0.15) is 12.0 Å². The summed E-state index contributed by atoms with van der Waals surface area (Å²) in [6, 6.07) is 9.48. The van der Waals surface area contributed by atoms with Gasteiger partial charge in [0.05, 0.1) is 17.4 Å². The summed E-state index contributed by atoms with van der Waals surface area (Å²) < 4.78 is 23.2. The Balaban J connectivity index is 1.70. The predicted octanol–water partition coefficient (Wildman–Crippen LogP) is 0.627. The lowest BCUT2D eigenvalue weighted by molar-refractivity contribution is -0.131. The number of amides is 1. The Bertz CT molecular complexity index is 567. The molecule has 2 atom stereocenters. The Morgan fingerprint density at radius 1 is 1.28 bits per heavy atom. The van der Waals surface area contributed by atoms with Crippen molar-refractivity contribution in [3.05, 3.63) is 35.9 Å². The average Bonchev–Trinajstić information content (AvgIpc) is 2.85. The van der Waals surface area contributed by atoms with Crippen molar-refractivity contribution in [2.45, 2.75) is 24.1 Å². The molecule has 1 amide bonds. The maximum atomic E-state index is 12.1. The molecule has 1 aromatic rings. The van der Waals surface area contributed by atoms with Crippen molar-refractivity contribution in [1.29, 1.82) is 0 Å². The molecule has 4 nitrogen and oxygen atoms in total. The van der Waals surface area contributed by atoms with Crippen molar-refractivity contribution in [2.24, 2.45) is 0 Å². The standard InChI is InChI=1S/C13H15NO3S/c15-13(6-10-4-2-1-3-5-10)14-8-12-7-11(14)9-18(12,16)17/h1-5,11-12H,6-9H2. The van der Waals surface area contributed by atoms with Crippen LogP contribution in [0.5, 0.6) is 0 Å². The smallest absolute Gasteiger partial charge is 0.227 e. The first-order valence-corrected chi connectivity index (χ1v) is 7.83. The van der Waals surface area contributed by atoms with Gasteiger partial charge in [0.25, 0.3) is 0 Å².